The number of hydrogen-bond acceptors (Lipinski definition) is 4. The fraction of sp³-hybridized carbons (Fsp3) is 0.400. The van der Waals surface area contributed by atoms with E-state index in [1.165, 1.54) is 11.8 Å². The number of hydrogen-bond donors (Lipinski definition) is 2. The number of amides is 1. The molecule has 116 valence electrons. The van der Waals surface area contributed by atoms with Gasteiger partial charge in [0.2, 0.25) is 5.91 Å². The maximum atomic E-state index is 12.0. The number of nitrogens with one attached hydrogen (secondary N) is 2. The van der Waals surface area contributed by atoms with Gasteiger partial charge in [-0.25, -0.2) is 9.89 Å². The van der Waals surface area contributed by atoms with Crippen molar-refractivity contribution in [3.05, 3.63) is 46.4 Å². The summed E-state index contributed by atoms with van der Waals surface area (Å²) < 4.78 is 1.58. The summed E-state index contributed by atoms with van der Waals surface area (Å²) in [7, 11) is 0. The third-order valence-electron chi connectivity index (χ3n) is 3.64. The highest BCUT2D eigenvalue weighted by molar-refractivity contribution is 8.00. The highest BCUT2D eigenvalue weighted by Crippen LogP contribution is 2.26. The first-order valence-corrected chi connectivity index (χ1v) is 8.25. The molecule has 0 saturated carbocycles. The predicted octanol–water partition coefficient (Wildman–Crippen LogP) is 1.38. The van der Waals surface area contributed by atoms with E-state index >= 15 is 0 Å². The summed E-state index contributed by atoms with van der Waals surface area (Å²) in [4.78, 5) is 24.0. The number of aromatic nitrogens is 3. The standard InChI is InChI=1S/C15H18N4O2S/c20-13-12(8-4-5-9-16-13)22-15-18-17-14(21)19(15)10-11-6-2-1-3-7-11/h1-3,6-7,12H,4-5,8-10H2,(H,16,20)(H,17,21)/t12-/m0/s1. The summed E-state index contributed by atoms with van der Waals surface area (Å²) in [5.74, 6) is 0.0317. The number of nitrogens with zero attached hydrogens (tertiary/aromatic N) is 2. The molecule has 22 heavy (non-hydrogen) atoms. The van der Waals surface area contributed by atoms with Crippen molar-refractivity contribution in [1.82, 2.24) is 20.1 Å². The number of benzene rings is 1. The minimum Gasteiger partial charge on any atom is -0.355 e. The molecular formula is C15H18N4O2S. The van der Waals surface area contributed by atoms with Crippen LogP contribution in [0.15, 0.2) is 40.3 Å². The fourth-order valence-corrected chi connectivity index (χ4v) is 3.55. The second kappa shape index (κ2) is 6.83. The number of carbonyl (C=O) groups excluding carboxylic acids is 1. The lowest BCUT2D eigenvalue weighted by Crippen LogP contribution is -2.31. The normalized spacial score (nSPS) is 18.7. The monoisotopic (exact) mass is 318 g/mol. The molecule has 3 rings (SSSR count). The summed E-state index contributed by atoms with van der Waals surface area (Å²) >= 11 is 1.36. The maximum absolute atomic E-state index is 12.0. The highest BCUT2D eigenvalue weighted by atomic mass is 32.2. The first-order chi connectivity index (χ1) is 10.7. The van der Waals surface area contributed by atoms with Crippen LogP contribution in [0.3, 0.4) is 0 Å². The molecule has 6 nitrogen and oxygen atoms in total. The van der Waals surface area contributed by atoms with Gasteiger partial charge in [-0.2, -0.15) is 0 Å². The molecule has 0 unspecified atom stereocenters. The number of aromatic amines is 1. The Bertz CT molecular complexity index is 695. The van der Waals surface area contributed by atoms with E-state index in [9.17, 15) is 9.59 Å². The lowest BCUT2D eigenvalue weighted by atomic mass is 10.2. The molecule has 1 aliphatic heterocycles. The molecule has 1 aliphatic rings. The van der Waals surface area contributed by atoms with Crippen LogP contribution in [0.2, 0.25) is 0 Å². The highest BCUT2D eigenvalue weighted by Gasteiger charge is 2.24. The first-order valence-electron chi connectivity index (χ1n) is 7.37. The van der Waals surface area contributed by atoms with Gasteiger partial charge in [0.1, 0.15) is 0 Å². The Labute approximate surface area is 132 Å². The van der Waals surface area contributed by atoms with E-state index in [0.717, 1.165) is 31.4 Å². The molecule has 0 aliphatic carbocycles. The van der Waals surface area contributed by atoms with Crippen LogP contribution >= 0.6 is 11.8 Å². The maximum Gasteiger partial charge on any atom is 0.344 e. The molecular weight excluding hydrogens is 300 g/mol. The molecule has 0 radical (unpaired) electrons. The molecule has 1 fully saturated rings. The zero-order chi connectivity index (χ0) is 15.4. The number of H-pyrrole nitrogens is 1. The van der Waals surface area contributed by atoms with E-state index in [2.05, 4.69) is 15.5 Å². The van der Waals surface area contributed by atoms with Crippen molar-refractivity contribution < 1.29 is 4.79 Å². The van der Waals surface area contributed by atoms with Crippen molar-refractivity contribution >= 4 is 17.7 Å². The molecule has 2 heterocycles. The Morgan fingerprint density at radius 1 is 1.23 bits per heavy atom. The van der Waals surface area contributed by atoms with Gasteiger partial charge in [0.15, 0.2) is 5.16 Å². The Morgan fingerprint density at radius 2 is 2.05 bits per heavy atom. The van der Waals surface area contributed by atoms with Crippen molar-refractivity contribution in [2.45, 2.75) is 36.2 Å². The second-order valence-electron chi connectivity index (χ2n) is 5.28. The van der Waals surface area contributed by atoms with Crippen LogP contribution in [0.5, 0.6) is 0 Å². The lowest BCUT2D eigenvalue weighted by Gasteiger charge is -2.12. The molecule has 0 spiro atoms. The van der Waals surface area contributed by atoms with Crippen LogP contribution in [0, 0.1) is 0 Å². The van der Waals surface area contributed by atoms with Crippen LogP contribution < -0.4 is 11.0 Å². The molecule has 1 amide bonds. The molecule has 1 saturated heterocycles. The molecule has 0 bridgehead atoms. The minimum atomic E-state index is -0.250. The van der Waals surface area contributed by atoms with Gasteiger partial charge < -0.3 is 5.32 Å². The van der Waals surface area contributed by atoms with Crippen LogP contribution in [0.25, 0.3) is 0 Å². The van der Waals surface area contributed by atoms with Gasteiger partial charge in [-0.1, -0.05) is 48.5 Å². The predicted molar refractivity (Wildman–Crippen MR) is 84.9 cm³/mol. The first kappa shape index (κ1) is 14.9. The van der Waals surface area contributed by atoms with Crippen LogP contribution in [0.1, 0.15) is 24.8 Å². The Kier molecular flexibility index (Phi) is 4.62. The van der Waals surface area contributed by atoms with Crippen LogP contribution in [-0.2, 0) is 11.3 Å². The third kappa shape index (κ3) is 3.41. The fourth-order valence-electron chi connectivity index (χ4n) is 2.45. The van der Waals surface area contributed by atoms with Gasteiger partial charge in [-0.3, -0.25) is 9.36 Å². The average molecular weight is 318 g/mol. The molecule has 2 N–H and O–H groups in total. The van der Waals surface area contributed by atoms with E-state index in [1.54, 1.807) is 4.57 Å². The molecule has 1 atom stereocenters. The summed E-state index contributed by atoms with van der Waals surface area (Å²) in [5.41, 5.74) is 0.776. The van der Waals surface area contributed by atoms with E-state index in [-0.39, 0.29) is 16.8 Å². The van der Waals surface area contributed by atoms with Crippen LogP contribution in [-0.4, -0.2) is 32.5 Å². The minimum absolute atomic E-state index is 0.0317. The SMILES string of the molecule is O=C1NCCCC[C@@H]1Sc1n[nH]c(=O)n1Cc1ccccc1. The van der Waals surface area contributed by atoms with Crippen molar-refractivity contribution in [2.24, 2.45) is 0 Å². The van der Waals surface area contributed by atoms with E-state index in [1.807, 2.05) is 30.3 Å². The zero-order valence-corrected chi connectivity index (χ0v) is 12.9. The van der Waals surface area contributed by atoms with Crippen molar-refractivity contribution in [3.63, 3.8) is 0 Å². The Balaban J connectivity index is 1.79. The Morgan fingerprint density at radius 3 is 2.86 bits per heavy atom. The quantitative estimate of drug-likeness (QED) is 0.892. The topological polar surface area (TPSA) is 79.8 Å². The van der Waals surface area contributed by atoms with E-state index in [4.69, 9.17) is 0 Å². The summed E-state index contributed by atoms with van der Waals surface area (Å²) in [6, 6.07) is 9.74. The van der Waals surface area contributed by atoms with Crippen molar-refractivity contribution in [1.29, 1.82) is 0 Å². The van der Waals surface area contributed by atoms with Gasteiger partial charge in [-0.05, 0) is 18.4 Å². The molecule has 1 aromatic carbocycles. The van der Waals surface area contributed by atoms with Crippen molar-refractivity contribution in [2.75, 3.05) is 6.54 Å². The zero-order valence-electron chi connectivity index (χ0n) is 12.1. The van der Waals surface area contributed by atoms with Gasteiger partial charge >= 0.3 is 5.69 Å². The smallest absolute Gasteiger partial charge is 0.344 e. The molecule has 7 heteroatoms. The lowest BCUT2D eigenvalue weighted by molar-refractivity contribution is -0.120. The summed E-state index contributed by atoms with van der Waals surface area (Å²) in [5, 5.41) is 9.85. The van der Waals surface area contributed by atoms with E-state index < -0.39 is 0 Å². The number of rotatable bonds is 4. The second-order valence-corrected chi connectivity index (χ2v) is 6.45. The number of thioether (sulfide) groups is 1. The molecule has 1 aromatic heterocycles. The van der Waals surface area contributed by atoms with E-state index in [0.29, 0.717) is 11.7 Å². The van der Waals surface area contributed by atoms with Gasteiger partial charge in [0.25, 0.3) is 0 Å². The van der Waals surface area contributed by atoms with Gasteiger partial charge in [-0.15, -0.1) is 5.10 Å². The van der Waals surface area contributed by atoms with Crippen molar-refractivity contribution in [3.8, 4) is 0 Å². The average Bonchev–Trinajstić information content (AvgIpc) is 2.74. The molecule has 2 aromatic rings. The summed E-state index contributed by atoms with van der Waals surface area (Å²) in [6.45, 7) is 1.18. The summed E-state index contributed by atoms with van der Waals surface area (Å²) in [6.07, 6.45) is 2.81. The van der Waals surface area contributed by atoms with Crippen LogP contribution in [0.4, 0.5) is 0 Å². The third-order valence-corrected chi connectivity index (χ3v) is 4.90. The van der Waals surface area contributed by atoms with Gasteiger partial charge in [0, 0.05) is 6.54 Å². The Hall–Kier alpha value is -2.02. The number of carbonyl (C=O) groups is 1. The largest absolute Gasteiger partial charge is 0.355 e. The van der Waals surface area contributed by atoms with Gasteiger partial charge in [0.05, 0.1) is 11.8 Å².